The molecule has 8 heteroatoms. The highest BCUT2D eigenvalue weighted by molar-refractivity contribution is 6.38. The van der Waals surface area contributed by atoms with E-state index in [1.165, 1.54) is 32.0 Å². The maximum Gasteiger partial charge on any atom is 0.340 e. The van der Waals surface area contributed by atoms with Crippen LogP contribution in [-0.2, 0) is 18.8 Å². The third-order valence-corrected chi connectivity index (χ3v) is 3.20. The van der Waals surface area contributed by atoms with Crippen LogP contribution in [0.25, 0.3) is 11.0 Å². The van der Waals surface area contributed by atoms with E-state index in [1.807, 2.05) is 0 Å². The van der Waals surface area contributed by atoms with Gasteiger partial charge in [-0.25, -0.2) is 14.6 Å². The van der Waals surface area contributed by atoms with Gasteiger partial charge < -0.3 is 4.74 Å². The smallest absolute Gasteiger partial charge is 0.340 e. The van der Waals surface area contributed by atoms with Crippen LogP contribution in [0.4, 0.5) is 0 Å². The standard InChI is InChI=1S/C11H10ClN3O4/c1-14-8-6(9(16)15(2)11(14)18)7(12)5(4-13-8)10(17)19-3/h4H,1-3H3. The van der Waals surface area contributed by atoms with Crippen LogP contribution < -0.4 is 11.2 Å². The van der Waals surface area contributed by atoms with Crippen molar-refractivity contribution in [1.29, 1.82) is 0 Å². The highest BCUT2D eigenvalue weighted by atomic mass is 35.5. The minimum Gasteiger partial charge on any atom is -0.465 e. The maximum atomic E-state index is 12.1. The van der Waals surface area contributed by atoms with E-state index >= 15 is 0 Å². The van der Waals surface area contributed by atoms with Gasteiger partial charge in [0.1, 0.15) is 5.39 Å². The first kappa shape index (κ1) is 13.3. The molecule has 2 aromatic heterocycles. The van der Waals surface area contributed by atoms with E-state index in [1.54, 1.807) is 0 Å². The van der Waals surface area contributed by atoms with E-state index in [-0.39, 0.29) is 21.6 Å². The lowest BCUT2D eigenvalue weighted by atomic mass is 10.2. The molecule has 2 aromatic rings. The molecular formula is C11H10ClN3O4. The minimum absolute atomic E-state index is 0.00849. The summed E-state index contributed by atoms with van der Waals surface area (Å²) in [5.41, 5.74) is -1.04. The van der Waals surface area contributed by atoms with Crippen molar-refractivity contribution in [3.05, 3.63) is 37.6 Å². The predicted octanol–water partition coefficient (Wildman–Crippen LogP) is 0.0722. The fourth-order valence-corrected chi connectivity index (χ4v) is 2.04. The van der Waals surface area contributed by atoms with Gasteiger partial charge in [0.05, 0.1) is 17.7 Å². The molecule has 100 valence electrons. The third kappa shape index (κ3) is 1.82. The van der Waals surface area contributed by atoms with Crippen molar-refractivity contribution >= 4 is 28.6 Å². The number of pyridine rings is 1. The molecule has 0 aliphatic heterocycles. The number of fused-ring (bicyclic) bond motifs is 1. The van der Waals surface area contributed by atoms with E-state index in [9.17, 15) is 14.4 Å². The Morgan fingerprint density at radius 1 is 1.32 bits per heavy atom. The Labute approximate surface area is 112 Å². The SMILES string of the molecule is COC(=O)c1cnc2c(c1Cl)c(=O)n(C)c(=O)n2C. The van der Waals surface area contributed by atoms with Crippen molar-refractivity contribution < 1.29 is 9.53 Å². The molecule has 0 bridgehead atoms. The van der Waals surface area contributed by atoms with Crippen LogP contribution in [0.5, 0.6) is 0 Å². The van der Waals surface area contributed by atoms with Gasteiger partial charge in [-0.1, -0.05) is 11.6 Å². The summed E-state index contributed by atoms with van der Waals surface area (Å²) in [6, 6.07) is 0. The Balaban J connectivity index is 3.03. The van der Waals surface area contributed by atoms with E-state index < -0.39 is 17.2 Å². The molecule has 0 saturated carbocycles. The van der Waals surface area contributed by atoms with Crippen LogP contribution in [0, 0.1) is 0 Å². The van der Waals surface area contributed by atoms with Crippen molar-refractivity contribution in [2.24, 2.45) is 14.1 Å². The summed E-state index contributed by atoms with van der Waals surface area (Å²) in [5, 5.41) is -0.0674. The fraction of sp³-hybridized carbons (Fsp3) is 0.273. The molecule has 0 spiro atoms. The zero-order valence-electron chi connectivity index (χ0n) is 10.4. The molecule has 19 heavy (non-hydrogen) atoms. The van der Waals surface area contributed by atoms with Gasteiger partial charge in [0.2, 0.25) is 0 Å². The van der Waals surface area contributed by atoms with Gasteiger partial charge in [-0.05, 0) is 0 Å². The topological polar surface area (TPSA) is 83.2 Å². The summed E-state index contributed by atoms with van der Waals surface area (Å²) < 4.78 is 6.63. The molecule has 0 aliphatic carbocycles. The molecule has 0 aliphatic rings. The second-order valence-electron chi connectivity index (χ2n) is 3.88. The predicted molar refractivity (Wildman–Crippen MR) is 68.6 cm³/mol. The molecule has 0 amide bonds. The Kier molecular flexibility index (Phi) is 3.15. The lowest BCUT2D eigenvalue weighted by Crippen LogP contribution is -2.37. The molecule has 0 atom stereocenters. The number of hydrogen-bond donors (Lipinski definition) is 0. The number of aryl methyl sites for hydroxylation is 1. The summed E-state index contributed by atoms with van der Waals surface area (Å²) in [4.78, 5) is 39.2. The Hall–Kier alpha value is -2.15. The summed E-state index contributed by atoms with van der Waals surface area (Å²) in [5.74, 6) is -0.699. The molecule has 0 unspecified atom stereocenters. The molecule has 0 N–H and O–H groups in total. The number of hydrogen-bond acceptors (Lipinski definition) is 5. The number of methoxy groups -OCH3 is 1. The summed E-state index contributed by atoms with van der Waals surface area (Å²) in [6.07, 6.45) is 1.18. The number of aromatic nitrogens is 3. The zero-order valence-corrected chi connectivity index (χ0v) is 11.2. The van der Waals surface area contributed by atoms with Crippen molar-refractivity contribution in [3.63, 3.8) is 0 Å². The summed E-state index contributed by atoms with van der Waals surface area (Å²) in [6.45, 7) is 0. The molecule has 0 fully saturated rings. The lowest BCUT2D eigenvalue weighted by molar-refractivity contribution is 0.0600. The molecule has 0 saturated heterocycles. The van der Waals surface area contributed by atoms with Gasteiger partial charge >= 0.3 is 11.7 Å². The van der Waals surface area contributed by atoms with Crippen molar-refractivity contribution in [2.45, 2.75) is 0 Å². The number of ether oxygens (including phenoxy) is 1. The maximum absolute atomic E-state index is 12.1. The molecule has 0 radical (unpaired) electrons. The third-order valence-electron chi connectivity index (χ3n) is 2.81. The molecule has 7 nitrogen and oxygen atoms in total. The van der Waals surface area contributed by atoms with Crippen LogP contribution in [0.3, 0.4) is 0 Å². The first-order chi connectivity index (χ1) is 8.90. The van der Waals surface area contributed by atoms with Crippen LogP contribution in [-0.4, -0.2) is 27.2 Å². The van der Waals surface area contributed by atoms with Gasteiger partial charge in [0.15, 0.2) is 5.65 Å². The van der Waals surface area contributed by atoms with Crippen LogP contribution in [0.1, 0.15) is 10.4 Å². The van der Waals surface area contributed by atoms with Crippen LogP contribution in [0.2, 0.25) is 5.02 Å². The van der Waals surface area contributed by atoms with Gasteiger partial charge in [-0.2, -0.15) is 0 Å². The van der Waals surface area contributed by atoms with E-state index in [2.05, 4.69) is 9.72 Å². The Morgan fingerprint density at radius 3 is 2.53 bits per heavy atom. The van der Waals surface area contributed by atoms with Crippen molar-refractivity contribution in [1.82, 2.24) is 14.1 Å². The molecule has 0 aromatic carbocycles. The fourth-order valence-electron chi connectivity index (χ4n) is 1.75. The average molecular weight is 284 g/mol. The van der Waals surface area contributed by atoms with E-state index in [4.69, 9.17) is 11.6 Å². The van der Waals surface area contributed by atoms with Gasteiger partial charge in [-0.3, -0.25) is 13.9 Å². The molecular weight excluding hydrogens is 274 g/mol. The normalized spacial score (nSPS) is 10.7. The first-order valence-corrected chi connectivity index (χ1v) is 5.60. The highest BCUT2D eigenvalue weighted by Gasteiger charge is 2.19. The molecule has 2 rings (SSSR count). The van der Waals surface area contributed by atoms with Crippen LogP contribution >= 0.6 is 11.6 Å². The number of rotatable bonds is 1. The van der Waals surface area contributed by atoms with Gasteiger partial charge in [0, 0.05) is 20.3 Å². The Bertz CT molecular complexity index is 806. The number of carbonyl (C=O) groups is 1. The summed E-state index contributed by atoms with van der Waals surface area (Å²) in [7, 11) is 3.98. The number of esters is 1. The Morgan fingerprint density at radius 2 is 1.95 bits per heavy atom. The number of nitrogens with zero attached hydrogens (tertiary/aromatic N) is 3. The van der Waals surface area contributed by atoms with Gasteiger partial charge in [0.25, 0.3) is 5.56 Å². The second kappa shape index (κ2) is 4.51. The zero-order chi connectivity index (χ0) is 14.3. The number of carbonyl (C=O) groups excluding carboxylic acids is 1. The minimum atomic E-state index is -0.699. The van der Waals surface area contributed by atoms with E-state index in [0.29, 0.717) is 0 Å². The average Bonchev–Trinajstić information content (AvgIpc) is 2.41. The number of halogens is 1. The first-order valence-electron chi connectivity index (χ1n) is 5.22. The van der Waals surface area contributed by atoms with Gasteiger partial charge in [-0.15, -0.1) is 0 Å². The largest absolute Gasteiger partial charge is 0.465 e. The van der Waals surface area contributed by atoms with E-state index in [0.717, 1.165) is 4.57 Å². The quantitative estimate of drug-likeness (QED) is 0.692. The lowest BCUT2D eigenvalue weighted by Gasteiger charge is -2.09. The van der Waals surface area contributed by atoms with Crippen LogP contribution in [0.15, 0.2) is 15.8 Å². The van der Waals surface area contributed by atoms with Crippen molar-refractivity contribution in [3.8, 4) is 0 Å². The van der Waals surface area contributed by atoms with Crippen molar-refractivity contribution in [2.75, 3.05) is 7.11 Å². The second-order valence-corrected chi connectivity index (χ2v) is 4.26. The molecule has 2 heterocycles. The monoisotopic (exact) mass is 283 g/mol. The summed E-state index contributed by atoms with van der Waals surface area (Å²) >= 11 is 6.05. The highest BCUT2D eigenvalue weighted by Crippen LogP contribution is 2.22.